The molecule has 6 nitrogen and oxygen atoms in total. The molecule has 1 N–H and O–H groups in total. The molecule has 1 aliphatic heterocycles. The molecule has 1 aliphatic rings. The summed E-state index contributed by atoms with van der Waals surface area (Å²) in [5.74, 6) is 2.30. The number of para-hydroxylation sites is 1. The lowest BCUT2D eigenvalue weighted by Gasteiger charge is -2.32. The normalized spacial score (nSPS) is 14.5. The van der Waals surface area contributed by atoms with Crippen molar-refractivity contribution in [3.8, 4) is 22.8 Å². The first-order chi connectivity index (χ1) is 17.2. The Morgan fingerprint density at radius 1 is 0.943 bits per heavy atom. The van der Waals surface area contributed by atoms with Crippen LogP contribution in [0.5, 0.6) is 11.5 Å². The van der Waals surface area contributed by atoms with E-state index in [0.29, 0.717) is 12.2 Å². The van der Waals surface area contributed by atoms with Crippen molar-refractivity contribution in [2.75, 3.05) is 13.1 Å². The number of likely N-dealkylation sites (tertiary alicyclic amines) is 1. The van der Waals surface area contributed by atoms with Gasteiger partial charge in [0.2, 0.25) is 5.91 Å². The fourth-order valence-electron chi connectivity index (χ4n) is 4.50. The van der Waals surface area contributed by atoms with Crippen LogP contribution in [0.25, 0.3) is 11.3 Å². The molecule has 1 saturated heterocycles. The number of nitrogens with zero attached hydrogens (tertiary/aromatic N) is 2. The molecule has 0 spiro atoms. The number of aromatic nitrogens is 1. The summed E-state index contributed by atoms with van der Waals surface area (Å²) in [7, 11) is 0. The molecular weight excluding hydrogens is 438 g/mol. The monoisotopic (exact) mass is 467 g/mol. The van der Waals surface area contributed by atoms with Gasteiger partial charge in [-0.05, 0) is 48.2 Å². The van der Waals surface area contributed by atoms with Gasteiger partial charge in [-0.1, -0.05) is 59.8 Å². The number of ether oxygens (including phenoxy) is 1. The van der Waals surface area contributed by atoms with Crippen molar-refractivity contribution in [1.29, 1.82) is 0 Å². The van der Waals surface area contributed by atoms with E-state index in [1.54, 1.807) is 6.20 Å². The van der Waals surface area contributed by atoms with Crippen LogP contribution in [0.15, 0.2) is 95.6 Å². The fourth-order valence-corrected chi connectivity index (χ4v) is 4.50. The van der Waals surface area contributed by atoms with E-state index in [0.717, 1.165) is 55.1 Å². The van der Waals surface area contributed by atoms with E-state index in [4.69, 9.17) is 9.26 Å². The SMILES string of the molecule is O=C(Cc1ccccc1)NC1CCN(Cc2cccc(Oc3ccccc3-c3ccno3)c2)CC1. The molecule has 2 heterocycles. The number of hydrogen-bond acceptors (Lipinski definition) is 5. The Labute approximate surface area is 205 Å². The third-order valence-corrected chi connectivity index (χ3v) is 6.28. The van der Waals surface area contributed by atoms with E-state index in [9.17, 15) is 4.79 Å². The van der Waals surface area contributed by atoms with Crippen LogP contribution in [0.3, 0.4) is 0 Å². The summed E-state index contributed by atoms with van der Waals surface area (Å²) in [6.07, 6.45) is 3.99. The van der Waals surface area contributed by atoms with E-state index >= 15 is 0 Å². The predicted octanol–water partition coefficient (Wildman–Crippen LogP) is 5.46. The standard InChI is InChI=1S/C29H29N3O3/c33-29(20-22-7-2-1-3-8-22)31-24-14-17-32(18-15-24)21-23-9-6-10-25(19-23)34-27-12-5-4-11-26(27)28-13-16-30-35-28/h1-13,16,19,24H,14-15,17-18,20-21H2,(H,31,33). The summed E-state index contributed by atoms with van der Waals surface area (Å²) >= 11 is 0. The van der Waals surface area contributed by atoms with Crippen LogP contribution < -0.4 is 10.1 Å². The van der Waals surface area contributed by atoms with Crippen LogP contribution >= 0.6 is 0 Å². The lowest BCUT2D eigenvalue weighted by atomic mass is 10.0. The lowest BCUT2D eigenvalue weighted by Crippen LogP contribution is -2.44. The molecule has 178 valence electrons. The number of carbonyl (C=O) groups excluding carboxylic acids is 1. The lowest BCUT2D eigenvalue weighted by molar-refractivity contribution is -0.121. The minimum Gasteiger partial charge on any atom is -0.457 e. The van der Waals surface area contributed by atoms with Crippen molar-refractivity contribution in [2.24, 2.45) is 0 Å². The molecule has 0 saturated carbocycles. The quantitative estimate of drug-likeness (QED) is 0.373. The van der Waals surface area contributed by atoms with Crippen molar-refractivity contribution in [3.05, 3.63) is 102 Å². The minimum atomic E-state index is 0.102. The number of rotatable bonds is 8. The van der Waals surface area contributed by atoms with Crippen molar-refractivity contribution >= 4 is 5.91 Å². The van der Waals surface area contributed by atoms with Crippen LogP contribution in [-0.2, 0) is 17.8 Å². The van der Waals surface area contributed by atoms with Gasteiger partial charge in [0.15, 0.2) is 5.76 Å². The summed E-state index contributed by atoms with van der Waals surface area (Å²) in [5, 5.41) is 7.01. The van der Waals surface area contributed by atoms with Gasteiger partial charge < -0.3 is 14.6 Å². The van der Waals surface area contributed by atoms with Crippen LogP contribution in [0.1, 0.15) is 24.0 Å². The van der Waals surface area contributed by atoms with Crippen LogP contribution in [0, 0.1) is 0 Å². The summed E-state index contributed by atoms with van der Waals surface area (Å²) < 4.78 is 11.5. The zero-order chi connectivity index (χ0) is 23.9. The molecule has 0 atom stereocenters. The van der Waals surface area contributed by atoms with Gasteiger partial charge in [0.25, 0.3) is 0 Å². The van der Waals surface area contributed by atoms with Gasteiger partial charge in [0, 0.05) is 31.7 Å². The molecule has 0 unspecified atom stereocenters. The first-order valence-electron chi connectivity index (χ1n) is 12.1. The van der Waals surface area contributed by atoms with Gasteiger partial charge in [-0.15, -0.1) is 0 Å². The average molecular weight is 468 g/mol. The van der Waals surface area contributed by atoms with Gasteiger partial charge in [-0.3, -0.25) is 9.69 Å². The molecular formula is C29H29N3O3. The first kappa shape index (κ1) is 22.9. The van der Waals surface area contributed by atoms with E-state index in [1.807, 2.05) is 72.8 Å². The summed E-state index contributed by atoms with van der Waals surface area (Å²) in [4.78, 5) is 14.8. The van der Waals surface area contributed by atoms with E-state index in [-0.39, 0.29) is 11.9 Å². The Kier molecular flexibility index (Phi) is 7.20. The maximum atomic E-state index is 12.4. The Morgan fingerprint density at radius 2 is 1.71 bits per heavy atom. The smallest absolute Gasteiger partial charge is 0.224 e. The van der Waals surface area contributed by atoms with Gasteiger partial charge >= 0.3 is 0 Å². The second kappa shape index (κ2) is 11.0. The number of nitrogens with one attached hydrogen (secondary N) is 1. The molecule has 35 heavy (non-hydrogen) atoms. The van der Waals surface area contributed by atoms with Crippen LogP contribution in [0.4, 0.5) is 0 Å². The summed E-state index contributed by atoms with van der Waals surface area (Å²) in [5.41, 5.74) is 3.12. The first-order valence-corrected chi connectivity index (χ1v) is 12.1. The molecule has 1 aromatic heterocycles. The number of amides is 1. The molecule has 4 aromatic rings. The Bertz CT molecular complexity index is 1230. The fraction of sp³-hybridized carbons (Fsp3) is 0.241. The molecule has 3 aromatic carbocycles. The second-order valence-corrected chi connectivity index (χ2v) is 8.90. The van der Waals surface area contributed by atoms with Crippen LogP contribution in [0.2, 0.25) is 0 Å². The zero-order valence-corrected chi connectivity index (χ0v) is 19.6. The van der Waals surface area contributed by atoms with Crippen LogP contribution in [-0.4, -0.2) is 35.1 Å². The molecule has 1 fully saturated rings. The van der Waals surface area contributed by atoms with Crippen molar-refractivity contribution in [3.63, 3.8) is 0 Å². The second-order valence-electron chi connectivity index (χ2n) is 8.90. The highest BCUT2D eigenvalue weighted by molar-refractivity contribution is 5.78. The minimum absolute atomic E-state index is 0.102. The highest BCUT2D eigenvalue weighted by Crippen LogP contribution is 2.33. The van der Waals surface area contributed by atoms with E-state index in [2.05, 4.69) is 27.5 Å². The molecule has 0 radical (unpaired) electrons. The number of carbonyl (C=O) groups is 1. The Balaban J connectivity index is 1.14. The van der Waals surface area contributed by atoms with E-state index in [1.165, 1.54) is 5.56 Å². The maximum Gasteiger partial charge on any atom is 0.224 e. The molecule has 6 heteroatoms. The number of piperidine rings is 1. The van der Waals surface area contributed by atoms with Crippen molar-refractivity contribution < 1.29 is 14.1 Å². The molecule has 5 rings (SSSR count). The van der Waals surface area contributed by atoms with E-state index < -0.39 is 0 Å². The third kappa shape index (κ3) is 6.16. The van der Waals surface area contributed by atoms with Gasteiger partial charge in [-0.2, -0.15) is 0 Å². The van der Waals surface area contributed by atoms with Crippen molar-refractivity contribution in [1.82, 2.24) is 15.4 Å². The molecule has 1 amide bonds. The van der Waals surface area contributed by atoms with Gasteiger partial charge in [-0.25, -0.2) is 0 Å². The Morgan fingerprint density at radius 3 is 2.51 bits per heavy atom. The molecule has 0 aliphatic carbocycles. The number of benzene rings is 3. The maximum absolute atomic E-state index is 12.4. The zero-order valence-electron chi connectivity index (χ0n) is 19.6. The molecule has 0 bridgehead atoms. The highest BCUT2D eigenvalue weighted by atomic mass is 16.5. The third-order valence-electron chi connectivity index (χ3n) is 6.28. The van der Waals surface area contributed by atoms with Crippen molar-refractivity contribution in [2.45, 2.75) is 31.8 Å². The topological polar surface area (TPSA) is 67.6 Å². The summed E-state index contributed by atoms with van der Waals surface area (Å²) in [6, 6.07) is 28.0. The largest absolute Gasteiger partial charge is 0.457 e. The van der Waals surface area contributed by atoms with Gasteiger partial charge in [0.05, 0.1) is 18.2 Å². The summed E-state index contributed by atoms with van der Waals surface area (Å²) in [6.45, 7) is 2.76. The predicted molar refractivity (Wildman–Crippen MR) is 135 cm³/mol. The Hall–Kier alpha value is -3.90. The average Bonchev–Trinajstić information content (AvgIpc) is 3.41. The van der Waals surface area contributed by atoms with Gasteiger partial charge in [0.1, 0.15) is 11.5 Å². The highest BCUT2D eigenvalue weighted by Gasteiger charge is 2.21. The number of hydrogen-bond donors (Lipinski definition) is 1.